The van der Waals surface area contributed by atoms with Gasteiger partial charge in [0.05, 0.1) is 35.9 Å². The number of carbonyl (C=O) groups is 2. The lowest BCUT2D eigenvalue weighted by Gasteiger charge is -2.09. The second kappa shape index (κ2) is 8.36. The van der Waals surface area contributed by atoms with Crippen LogP contribution in [0.25, 0.3) is 10.2 Å². The van der Waals surface area contributed by atoms with Crippen LogP contribution in [0.5, 0.6) is 11.5 Å². The maximum absolute atomic E-state index is 12.4. The topological polar surface area (TPSA) is 79.1 Å². The molecule has 3 aromatic rings. The van der Waals surface area contributed by atoms with Crippen LogP contribution in [-0.2, 0) is 16.1 Å². The molecule has 2 aromatic heterocycles. The quantitative estimate of drug-likeness (QED) is 0.588. The second-order valence-electron chi connectivity index (χ2n) is 5.34. The Labute approximate surface area is 163 Å². The van der Waals surface area contributed by atoms with Crippen LogP contribution < -0.4 is 14.3 Å². The highest BCUT2D eigenvalue weighted by molar-refractivity contribution is 7.16. The molecule has 0 N–H and O–H groups in total. The van der Waals surface area contributed by atoms with Crippen molar-refractivity contribution in [3.63, 3.8) is 0 Å². The summed E-state index contributed by atoms with van der Waals surface area (Å²) in [5.41, 5.74) is 0.712. The van der Waals surface area contributed by atoms with Gasteiger partial charge in [-0.05, 0) is 18.4 Å². The maximum atomic E-state index is 12.4. The van der Waals surface area contributed by atoms with E-state index in [1.165, 1.54) is 29.8 Å². The van der Waals surface area contributed by atoms with Gasteiger partial charge in [-0.1, -0.05) is 17.4 Å². The van der Waals surface area contributed by atoms with Gasteiger partial charge >= 0.3 is 5.97 Å². The number of methoxy groups -OCH3 is 2. The van der Waals surface area contributed by atoms with Crippen LogP contribution >= 0.6 is 22.7 Å². The molecule has 0 unspecified atom stereocenters. The number of hydrogen-bond acceptors (Lipinski definition) is 7. The lowest BCUT2D eigenvalue weighted by atomic mass is 10.3. The summed E-state index contributed by atoms with van der Waals surface area (Å²) in [7, 11) is 3.09. The smallest absolute Gasteiger partial charge is 0.326 e. The Morgan fingerprint density at radius 2 is 1.93 bits per heavy atom. The molecule has 0 radical (unpaired) electrons. The van der Waals surface area contributed by atoms with Crippen molar-refractivity contribution in [3.05, 3.63) is 39.3 Å². The average Bonchev–Trinajstić information content (AvgIpc) is 3.30. The molecule has 9 heteroatoms. The summed E-state index contributed by atoms with van der Waals surface area (Å²) in [6.45, 7) is 1.97. The third-order valence-electron chi connectivity index (χ3n) is 3.71. The number of thiophene rings is 1. The highest BCUT2D eigenvalue weighted by atomic mass is 32.1. The Morgan fingerprint density at radius 3 is 2.56 bits per heavy atom. The molecule has 1 amide bonds. The summed E-state index contributed by atoms with van der Waals surface area (Å²) in [4.78, 5) is 29.7. The zero-order valence-corrected chi connectivity index (χ0v) is 16.7. The predicted molar refractivity (Wildman–Crippen MR) is 104 cm³/mol. The van der Waals surface area contributed by atoms with Crippen LogP contribution in [0.2, 0.25) is 0 Å². The minimum absolute atomic E-state index is 0.0557. The Balaban J connectivity index is 2.18. The first kappa shape index (κ1) is 19.1. The number of fused-ring (bicyclic) bond motifs is 1. The van der Waals surface area contributed by atoms with E-state index in [0.29, 0.717) is 26.7 Å². The minimum Gasteiger partial charge on any atom is -0.493 e. The van der Waals surface area contributed by atoms with E-state index < -0.39 is 5.97 Å². The summed E-state index contributed by atoms with van der Waals surface area (Å²) in [5.74, 6) is 0.326. The number of thiazole rings is 1. The molecule has 1 aromatic carbocycles. The van der Waals surface area contributed by atoms with Crippen LogP contribution in [-0.4, -0.2) is 37.3 Å². The molecule has 0 saturated carbocycles. The number of hydrogen-bond donors (Lipinski definition) is 0. The molecule has 0 bridgehead atoms. The van der Waals surface area contributed by atoms with E-state index in [1.54, 1.807) is 42.9 Å². The van der Waals surface area contributed by atoms with Gasteiger partial charge in [0.2, 0.25) is 0 Å². The Morgan fingerprint density at radius 1 is 1.19 bits per heavy atom. The maximum Gasteiger partial charge on any atom is 0.326 e. The Hall–Kier alpha value is -2.65. The van der Waals surface area contributed by atoms with Gasteiger partial charge in [0, 0.05) is 12.1 Å². The van der Waals surface area contributed by atoms with Gasteiger partial charge in [0.25, 0.3) is 5.91 Å². The molecule has 3 rings (SSSR count). The molecule has 0 fully saturated rings. The van der Waals surface area contributed by atoms with E-state index in [9.17, 15) is 9.59 Å². The number of amides is 1. The van der Waals surface area contributed by atoms with Crippen molar-refractivity contribution in [1.82, 2.24) is 4.57 Å². The van der Waals surface area contributed by atoms with Gasteiger partial charge in [-0.3, -0.25) is 9.59 Å². The summed E-state index contributed by atoms with van der Waals surface area (Å²) in [6, 6.07) is 7.07. The van der Waals surface area contributed by atoms with Crippen molar-refractivity contribution < 1.29 is 23.8 Å². The number of ether oxygens (including phenoxy) is 3. The average molecular weight is 406 g/mol. The molecule has 0 atom stereocenters. The first-order valence-electron chi connectivity index (χ1n) is 8.11. The molecule has 0 spiro atoms. The van der Waals surface area contributed by atoms with Gasteiger partial charge in [0.15, 0.2) is 16.3 Å². The highest BCUT2D eigenvalue weighted by Gasteiger charge is 2.16. The van der Waals surface area contributed by atoms with E-state index in [-0.39, 0.29) is 19.1 Å². The first-order valence-corrected chi connectivity index (χ1v) is 9.80. The van der Waals surface area contributed by atoms with Crippen LogP contribution in [0.1, 0.15) is 16.6 Å². The lowest BCUT2D eigenvalue weighted by molar-refractivity contribution is -0.143. The fourth-order valence-corrected chi connectivity index (χ4v) is 4.16. The molecule has 2 heterocycles. The fourth-order valence-electron chi connectivity index (χ4n) is 2.51. The fraction of sp³-hybridized carbons (Fsp3) is 0.278. The predicted octanol–water partition coefficient (Wildman–Crippen LogP) is 3.09. The monoisotopic (exact) mass is 406 g/mol. The van der Waals surface area contributed by atoms with E-state index in [0.717, 1.165) is 4.70 Å². The minimum atomic E-state index is -0.406. The molecule has 27 heavy (non-hydrogen) atoms. The van der Waals surface area contributed by atoms with Crippen molar-refractivity contribution in [2.45, 2.75) is 13.5 Å². The SMILES string of the molecule is CCOC(=O)Cn1c(=NC(=O)c2cccs2)sc2cc(OC)c(OC)cc21. The summed E-state index contributed by atoms with van der Waals surface area (Å²) in [5, 5.41) is 1.82. The Bertz CT molecular complexity index is 1030. The van der Waals surface area contributed by atoms with Gasteiger partial charge in [0.1, 0.15) is 6.54 Å². The molecule has 7 nitrogen and oxygen atoms in total. The van der Waals surface area contributed by atoms with E-state index in [4.69, 9.17) is 14.2 Å². The number of esters is 1. The van der Waals surface area contributed by atoms with Crippen molar-refractivity contribution in [2.24, 2.45) is 4.99 Å². The zero-order valence-electron chi connectivity index (χ0n) is 15.1. The molecule has 0 saturated heterocycles. The number of carbonyl (C=O) groups excluding carboxylic acids is 2. The standard InChI is InChI=1S/C18H18N2O5S2/c1-4-25-16(21)10-20-11-8-12(23-2)13(24-3)9-15(11)27-18(20)19-17(22)14-6-5-7-26-14/h5-9H,4,10H2,1-3H3. The molecule has 142 valence electrons. The number of aromatic nitrogens is 1. The molecule has 0 aliphatic rings. The molecule has 0 aliphatic heterocycles. The van der Waals surface area contributed by atoms with Crippen molar-refractivity contribution in [3.8, 4) is 11.5 Å². The van der Waals surface area contributed by atoms with Crippen LogP contribution in [0.3, 0.4) is 0 Å². The van der Waals surface area contributed by atoms with E-state index in [2.05, 4.69) is 4.99 Å². The molecular weight excluding hydrogens is 388 g/mol. The van der Waals surface area contributed by atoms with E-state index in [1.807, 2.05) is 5.38 Å². The molecular formula is C18H18N2O5S2. The first-order chi connectivity index (χ1) is 13.1. The van der Waals surface area contributed by atoms with Crippen molar-refractivity contribution >= 4 is 44.8 Å². The summed E-state index contributed by atoms with van der Waals surface area (Å²) in [6.07, 6.45) is 0. The van der Waals surface area contributed by atoms with Crippen LogP contribution in [0.4, 0.5) is 0 Å². The van der Waals surface area contributed by atoms with E-state index >= 15 is 0 Å². The van der Waals surface area contributed by atoms with Gasteiger partial charge in [-0.2, -0.15) is 4.99 Å². The number of nitrogens with zero attached hydrogens (tertiary/aromatic N) is 2. The lowest BCUT2D eigenvalue weighted by Crippen LogP contribution is -2.23. The van der Waals surface area contributed by atoms with Crippen molar-refractivity contribution in [1.29, 1.82) is 0 Å². The molecule has 0 aliphatic carbocycles. The summed E-state index contributed by atoms with van der Waals surface area (Å²) >= 11 is 2.61. The normalized spacial score (nSPS) is 11.6. The third-order valence-corrected chi connectivity index (χ3v) is 5.61. The second-order valence-corrected chi connectivity index (χ2v) is 7.30. The third kappa shape index (κ3) is 4.04. The van der Waals surface area contributed by atoms with Crippen molar-refractivity contribution in [2.75, 3.05) is 20.8 Å². The largest absolute Gasteiger partial charge is 0.493 e. The van der Waals surface area contributed by atoms with Gasteiger partial charge < -0.3 is 18.8 Å². The summed E-state index contributed by atoms with van der Waals surface area (Å²) < 4.78 is 18.2. The van der Waals surface area contributed by atoms with Crippen LogP contribution in [0.15, 0.2) is 34.6 Å². The van der Waals surface area contributed by atoms with Gasteiger partial charge in [-0.15, -0.1) is 11.3 Å². The zero-order chi connectivity index (χ0) is 19.4. The highest BCUT2D eigenvalue weighted by Crippen LogP contribution is 2.33. The number of benzene rings is 1. The van der Waals surface area contributed by atoms with Gasteiger partial charge in [-0.25, -0.2) is 0 Å². The number of rotatable bonds is 6. The Kier molecular flexibility index (Phi) is 5.92. The van der Waals surface area contributed by atoms with Crippen LogP contribution in [0, 0.1) is 0 Å².